The first kappa shape index (κ1) is 26.2. The highest BCUT2D eigenvalue weighted by Gasteiger charge is 2.33. The summed E-state index contributed by atoms with van der Waals surface area (Å²) in [6.45, 7) is 8.37. The van der Waals surface area contributed by atoms with Gasteiger partial charge in [0.1, 0.15) is 29.8 Å². The molecule has 2 aromatic heterocycles. The standard InChI is InChI=1S/C31H32N4O4/c1-21(2)24-6-4-23(5-7-24)19-38-27-10-8-25(9-11-27)28-29(26-12-14-32-15-13-26)33-35-17-16-34(31(37)30(28)35)18-22(3)39-20-36/h4-15,20-22H,16-19H2,1-3H3. The maximum atomic E-state index is 13.7. The van der Waals surface area contributed by atoms with Crippen LogP contribution < -0.4 is 4.74 Å². The second-order valence-corrected chi connectivity index (χ2v) is 10.0. The molecule has 0 saturated heterocycles. The summed E-state index contributed by atoms with van der Waals surface area (Å²) in [7, 11) is 0. The second kappa shape index (κ2) is 11.5. The summed E-state index contributed by atoms with van der Waals surface area (Å²) < 4.78 is 12.9. The predicted molar refractivity (Wildman–Crippen MR) is 148 cm³/mol. The van der Waals surface area contributed by atoms with Crippen LogP contribution in [-0.2, 0) is 22.7 Å². The molecular weight excluding hydrogens is 492 g/mol. The Balaban J connectivity index is 1.43. The summed E-state index contributed by atoms with van der Waals surface area (Å²) in [5.74, 6) is 1.09. The molecule has 8 nitrogen and oxygen atoms in total. The third kappa shape index (κ3) is 5.70. The largest absolute Gasteiger partial charge is 0.489 e. The molecule has 3 heterocycles. The molecule has 1 aliphatic rings. The van der Waals surface area contributed by atoms with E-state index in [1.165, 1.54) is 5.56 Å². The third-order valence-corrected chi connectivity index (χ3v) is 6.94. The Morgan fingerprint density at radius 3 is 2.31 bits per heavy atom. The van der Waals surface area contributed by atoms with Gasteiger partial charge in [-0.25, -0.2) is 0 Å². The molecule has 2 aromatic carbocycles. The van der Waals surface area contributed by atoms with Crippen LogP contribution in [0.5, 0.6) is 5.75 Å². The minimum atomic E-state index is -0.401. The SMILES string of the molecule is CC(CN1CCn2nc(-c3ccncc3)c(-c3ccc(OCc4ccc(C(C)C)cc4)cc3)c2C1=O)OC=O. The molecule has 1 unspecified atom stereocenters. The molecule has 1 amide bonds. The van der Waals surface area contributed by atoms with Crippen molar-refractivity contribution in [2.75, 3.05) is 13.1 Å². The maximum absolute atomic E-state index is 13.7. The van der Waals surface area contributed by atoms with Crippen molar-refractivity contribution < 1.29 is 19.1 Å². The van der Waals surface area contributed by atoms with E-state index >= 15 is 0 Å². The number of fused-ring (bicyclic) bond motifs is 1. The molecule has 1 atom stereocenters. The van der Waals surface area contributed by atoms with E-state index in [1.807, 2.05) is 36.4 Å². The van der Waals surface area contributed by atoms with Gasteiger partial charge in [0.15, 0.2) is 0 Å². The normalized spacial score (nSPS) is 13.7. The number of rotatable bonds is 10. The van der Waals surface area contributed by atoms with Gasteiger partial charge in [-0.15, -0.1) is 0 Å². The first-order valence-electron chi connectivity index (χ1n) is 13.2. The van der Waals surface area contributed by atoms with Crippen LogP contribution >= 0.6 is 0 Å². The Labute approximate surface area is 228 Å². The molecule has 5 rings (SSSR count). The number of carbonyl (C=O) groups excluding carboxylic acids is 2. The number of hydrogen-bond acceptors (Lipinski definition) is 6. The minimum absolute atomic E-state index is 0.143. The van der Waals surface area contributed by atoms with E-state index in [9.17, 15) is 9.59 Å². The number of hydrogen-bond donors (Lipinski definition) is 0. The highest BCUT2D eigenvalue weighted by Crippen LogP contribution is 2.37. The molecule has 0 saturated carbocycles. The molecule has 0 bridgehead atoms. The number of pyridine rings is 1. The molecule has 1 aliphatic heterocycles. The van der Waals surface area contributed by atoms with E-state index in [0.717, 1.165) is 33.7 Å². The molecule has 39 heavy (non-hydrogen) atoms. The smallest absolute Gasteiger partial charge is 0.293 e. The van der Waals surface area contributed by atoms with E-state index in [1.54, 1.807) is 28.9 Å². The maximum Gasteiger partial charge on any atom is 0.293 e. The molecule has 0 N–H and O–H groups in total. The average Bonchev–Trinajstić information content (AvgIpc) is 3.35. The van der Waals surface area contributed by atoms with Crippen molar-refractivity contribution in [1.82, 2.24) is 19.7 Å². The Bertz CT molecular complexity index is 1430. The number of carbonyl (C=O) groups is 2. The summed E-state index contributed by atoms with van der Waals surface area (Å²) in [6, 6.07) is 20.0. The molecular formula is C31H32N4O4. The van der Waals surface area contributed by atoms with Crippen LogP contribution in [0.4, 0.5) is 0 Å². The van der Waals surface area contributed by atoms with Gasteiger partial charge in [0.05, 0.1) is 13.1 Å². The summed E-state index contributed by atoms with van der Waals surface area (Å²) in [4.78, 5) is 30.3. The van der Waals surface area contributed by atoms with Crippen LogP contribution in [0.3, 0.4) is 0 Å². The van der Waals surface area contributed by atoms with E-state index in [-0.39, 0.29) is 5.91 Å². The van der Waals surface area contributed by atoms with E-state index < -0.39 is 6.10 Å². The minimum Gasteiger partial charge on any atom is -0.489 e. The van der Waals surface area contributed by atoms with Gasteiger partial charge in [0, 0.05) is 30.1 Å². The van der Waals surface area contributed by atoms with Crippen molar-refractivity contribution in [3.8, 4) is 28.1 Å². The Morgan fingerprint density at radius 2 is 1.64 bits per heavy atom. The fourth-order valence-electron chi connectivity index (χ4n) is 4.80. The Hall–Kier alpha value is -4.46. The number of nitrogens with zero attached hydrogens (tertiary/aromatic N) is 4. The van der Waals surface area contributed by atoms with Gasteiger partial charge in [0.2, 0.25) is 0 Å². The monoisotopic (exact) mass is 524 g/mol. The van der Waals surface area contributed by atoms with Crippen LogP contribution in [0.15, 0.2) is 73.1 Å². The van der Waals surface area contributed by atoms with Gasteiger partial charge in [-0.3, -0.25) is 19.3 Å². The van der Waals surface area contributed by atoms with E-state index in [2.05, 4.69) is 43.1 Å². The van der Waals surface area contributed by atoms with Gasteiger partial charge >= 0.3 is 0 Å². The summed E-state index contributed by atoms with van der Waals surface area (Å²) in [6.07, 6.45) is 3.03. The average molecular weight is 525 g/mol. The van der Waals surface area contributed by atoms with Gasteiger partial charge in [-0.2, -0.15) is 5.10 Å². The van der Waals surface area contributed by atoms with Crippen LogP contribution in [0.2, 0.25) is 0 Å². The van der Waals surface area contributed by atoms with Crippen LogP contribution in [0, 0.1) is 0 Å². The van der Waals surface area contributed by atoms with Crippen molar-refractivity contribution in [3.63, 3.8) is 0 Å². The van der Waals surface area contributed by atoms with Gasteiger partial charge in [-0.05, 0) is 53.8 Å². The third-order valence-electron chi connectivity index (χ3n) is 6.94. The quantitative estimate of drug-likeness (QED) is 0.261. The lowest BCUT2D eigenvalue weighted by Crippen LogP contribution is -2.44. The highest BCUT2D eigenvalue weighted by molar-refractivity contribution is 6.03. The summed E-state index contributed by atoms with van der Waals surface area (Å²) in [5.41, 5.74) is 6.15. The molecule has 0 aliphatic carbocycles. The van der Waals surface area contributed by atoms with Gasteiger partial charge in [-0.1, -0.05) is 50.2 Å². The second-order valence-electron chi connectivity index (χ2n) is 10.0. The zero-order valence-electron chi connectivity index (χ0n) is 22.4. The van der Waals surface area contributed by atoms with E-state index in [4.69, 9.17) is 14.6 Å². The van der Waals surface area contributed by atoms with Crippen molar-refractivity contribution in [3.05, 3.63) is 89.9 Å². The molecule has 0 spiro atoms. The zero-order chi connectivity index (χ0) is 27.4. The number of benzene rings is 2. The summed E-state index contributed by atoms with van der Waals surface area (Å²) in [5, 5.41) is 4.84. The molecule has 200 valence electrons. The predicted octanol–water partition coefficient (Wildman–Crippen LogP) is 5.33. The van der Waals surface area contributed by atoms with Gasteiger partial charge in [0.25, 0.3) is 12.4 Å². The van der Waals surface area contributed by atoms with Crippen molar-refractivity contribution in [1.29, 1.82) is 0 Å². The van der Waals surface area contributed by atoms with Crippen molar-refractivity contribution >= 4 is 12.4 Å². The lowest BCUT2D eigenvalue weighted by Gasteiger charge is -2.29. The Kier molecular flexibility index (Phi) is 7.72. The molecule has 0 fully saturated rings. The lowest BCUT2D eigenvalue weighted by atomic mass is 9.98. The first-order valence-corrected chi connectivity index (χ1v) is 13.2. The molecule has 0 radical (unpaired) electrons. The van der Waals surface area contributed by atoms with E-state index in [0.29, 0.717) is 44.3 Å². The topological polar surface area (TPSA) is 86.6 Å². The number of ether oxygens (including phenoxy) is 2. The zero-order valence-corrected chi connectivity index (χ0v) is 22.4. The number of amides is 1. The van der Waals surface area contributed by atoms with Gasteiger partial charge < -0.3 is 14.4 Å². The van der Waals surface area contributed by atoms with Crippen LogP contribution in [0.25, 0.3) is 22.4 Å². The molecule has 8 heteroatoms. The lowest BCUT2D eigenvalue weighted by molar-refractivity contribution is -0.133. The first-order chi connectivity index (χ1) is 18.9. The fraction of sp³-hybridized carbons (Fsp3) is 0.290. The number of aromatic nitrogens is 3. The van der Waals surface area contributed by atoms with Crippen LogP contribution in [0.1, 0.15) is 48.3 Å². The molecule has 4 aromatic rings. The van der Waals surface area contributed by atoms with Crippen molar-refractivity contribution in [2.45, 2.75) is 45.9 Å². The summed E-state index contributed by atoms with van der Waals surface area (Å²) >= 11 is 0. The van der Waals surface area contributed by atoms with Crippen molar-refractivity contribution in [2.24, 2.45) is 0 Å². The fourth-order valence-corrected chi connectivity index (χ4v) is 4.80. The highest BCUT2D eigenvalue weighted by atomic mass is 16.5. The van der Waals surface area contributed by atoms with Crippen LogP contribution in [-0.4, -0.2) is 51.2 Å². The Morgan fingerprint density at radius 1 is 0.923 bits per heavy atom.